The molecule has 24 heavy (non-hydrogen) atoms. The molecular weight excluding hydrogens is 324 g/mol. The van der Waals surface area contributed by atoms with Gasteiger partial charge in [-0.2, -0.15) is 0 Å². The van der Waals surface area contributed by atoms with Gasteiger partial charge in [0.05, 0.1) is 12.3 Å². The summed E-state index contributed by atoms with van der Waals surface area (Å²) < 4.78 is 5.66. The maximum atomic E-state index is 11.1. The molecule has 0 spiro atoms. The molecule has 1 N–H and O–H groups in total. The molecule has 0 aromatic carbocycles. The van der Waals surface area contributed by atoms with Crippen LogP contribution in [0.5, 0.6) is 5.75 Å². The zero-order valence-electron chi connectivity index (χ0n) is 13.6. The van der Waals surface area contributed by atoms with Crippen molar-refractivity contribution in [2.45, 2.75) is 38.8 Å². The fourth-order valence-corrected chi connectivity index (χ4v) is 4.31. The van der Waals surface area contributed by atoms with Gasteiger partial charge in [-0.05, 0) is 31.0 Å². The van der Waals surface area contributed by atoms with E-state index in [0.717, 1.165) is 48.9 Å². The summed E-state index contributed by atoms with van der Waals surface area (Å²) >= 11 is 1.54. The first-order valence-electron chi connectivity index (χ1n) is 8.27. The Bertz CT molecular complexity index is 761. The Morgan fingerprint density at radius 3 is 3.25 bits per heavy atom. The molecule has 1 amide bonds. The summed E-state index contributed by atoms with van der Waals surface area (Å²) in [7, 11) is 0. The maximum Gasteiger partial charge on any atom is 0.223 e. The van der Waals surface area contributed by atoms with Crippen molar-refractivity contribution in [3.05, 3.63) is 34.6 Å². The molecule has 0 radical (unpaired) electrons. The first-order chi connectivity index (χ1) is 11.7. The first kappa shape index (κ1) is 15.5. The molecule has 0 aliphatic carbocycles. The third-order valence-corrected chi connectivity index (χ3v) is 5.39. The number of nitrogens with zero attached hydrogens (tertiary/aromatic N) is 3. The monoisotopic (exact) mass is 344 g/mol. The molecule has 2 aromatic heterocycles. The van der Waals surface area contributed by atoms with Crippen LogP contribution in [0.15, 0.2) is 18.5 Å². The lowest BCUT2D eigenvalue weighted by Crippen LogP contribution is -2.22. The quantitative estimate of drug-likeness (QED) is 0.924. The number of nitrogens with one attached hydrogen (secondary N) is 1. The van der Waals surface area contributed by atoms with Crippen molar-refractivity contribution in [1.82, 2.24) is 14.9 Å². The van der Waals surface area contributed by atoms with Gasteiger partial charge in [0.1, 0.15) is 5.75 Å². The Labute approximate surface area is 144 Å². The average molecular weight is 344 g/mol. The number of carbonyl (C=O) groups is 1. The van der Waals surface area contributed by atoms with Crippen LogP contribution >= 0.6 is 11.3 Å². The highest BCUT2D eigenvalue weighted by Gasteiger charge is 2.28. The van der Waals surface area contributed by atoms with Gasteiger partial charge in [-0.25, -0.2) is 4.98 Å². The highest BCUT2D eigenvalue weighted by atomic mass is 32.1. The molecule has 2 aliphatic rings. The molecule has 7 heteroatoms. The Kier molecular flexibility index (Phi) is 4.20. The van der Waals surface area contributed by atoms with E-state index in [-0.39, 0.29) is 5.91 Å². The molecule has 1 fully saturated rings. The van der Waals surface area contributed by atoms with Crippen LogP contribution in [0.4, 0.5) is 5.13 Å². The Morgan fingerprint density at radius 1 is 1.46 bits per heavy atom. The van der Waals surface area contributed by atoms with E-state index in [1.807, 2.05) is 12.4 Å². The summed E-state index contributed by atoms with van der Waals surface area (Å²) in [6.07, 6.45) is 7.09. The molecule has 4 heterocycles. The number of hydrogen-bond acceptors (Lipinski definition) is 6. The molecule has 1 atom stereocenters. The molecule has 2 aromatic rings. The van der Waals surface area contributed by atoms with Crippen molar-refractivity contribution in [2.24, 2.45) is 0 Å². The van der Waals surface area contributed by atoms with Crippen LogP contribution in [0.3, 0.4) is 0 Å². The van der Waals surface area contributed by atoms with E-state index in [4.69, 9.17) is 4.74 Å². The summed E-state index contributed by atoms with van der Waals surface area (Å²) in [4.78, 5) is 23.6. The number of fused-ring (bicyclic) bond motifs is 1. The molecule has 126 valence electrons. The summed E-state index contributed by atoms with van der Waals surface area (Å²) in [5, 5.41) is 3.41. The van der Waals surface area contributed by atoms with E-state index >= 15 is 0 Å². The van der Waals surface area contributed by atoms with Crippen molar-refractivity contribution < 1.29 is 9.53 Å². The largest absolute Gasteiger partial charge is 0.491 e. The first-order valence-corrected chi connectivity index (χ1v) is 9.08. The number of pyridine rings is 1. The Hall–Kier alpha value is -1.99. The predicted molar refractivity (Wildman–Crippen MR) is 92.2 cm³/mol. The lowest BCUT2D eigenvalue weighted by molar-refractivity contribution is -0.114. The van der Waals surface area contributed by atoms with Crippen LogP contribution in [0, 0.1) is 0 Å². The normalized spacial score (nSPS) is 20.0. The third-order valence-electron chi connectivity index (χ3n) is 4.49. The van der Waals surface area contributed by atoms with E-state index in [2.05, 4.69) is 26.3 Å². The number of rotatable bonds is 4. The minimum atomic E-state index is -0.0841. The lowest BCUT2D eigenvalue weighted by Gasteiger charge is -2.24. The van der Waals surface area contributed by atoms with Gasteiger partial charge in [-0.3, -0.25) is 14.7 Å². The topological polar surface area (TPSA) is 67.4 Å². The van der Waals surface area contributed by atoms with E-state index in [9.17, 15) is 4.79 Å². The van der Waals surface area contributed by atoms with Crippen LogP contribution in [0.1, 0.15) is 41.9 Å². The summed E-state index contributed by atoms with van der Waals surface area (Å²) in [5.74, 6) is 0.865. The van der Waals surface area contributed by atoms with Crippen LogP contribution in [0.25, 0.3) is 0 Å². The van der Waals surface area contributed by atoms with Crippen molar-refractivity contribution in [1.29, 1.82) is 0 Å². The molecule has 1 saturated heterocycles. The predicted octanol–water partition coefficient (Wildman–Crippen LogP) is 2.77. The number of likely N-dealkylation sites (tertiary alicyclic amines) is 1. The lowest BCUT2D eigenvalue weighted by atomic mass is 10.1. The zero-order chi connectivity index (χ0) is 16.5. The summed E-state index contributed by atoms with van der Waals surface area (Å²) in [6.45, 7) is 4.16. The number of carbonyl (C=O) groups excluding carboxylic acids is 1. The third kappa shape index (κ3) is 3.14. The summed E-state index contributed by atoms with van der Waals surface area (Å²) in [6, 6.07) is 2.53. The molecule has 0 saturated carbocycles. The van der Waals surface area contributed by atoms with Gasteiger partial charge >= 0.3 is 0 Å². The number of anilines is 1. The van der Waals surface area contributed by atoms with Crippen molar-refractivity contribution >= 4 is 22.4 Å². The van der Waals surface area contributed by atoms with Crippen LogP contribution in [-0.2, 0) is 17.8 Å². The number of aromatic nitrogens is 2. The minimum Gasteiger partial charge on any atom is -0.491 e. The molecular formula is C17H20N4O2S. The van der Waals surface area contributed by atoms with E-state index in [0.29, 0.717) is 11.2 Å². The highest BCUT2D eigenvalue weighted by Crippen LogP contribution is 2.36. The van der Waals surface area contributed by atoms with E-state index in [1.165, 1.54) is 18.9 Å². The highest BCUT2D eigenvalue weighted by molar-refractivity contribution is 7.15. The molecule has 2 aliphatic heterocycles. The van der Waals surface area contributed by atoms with Gasteiger partial charge in [0.25, 0.3) is 0 Å². The molecule has 4 rings (SSSR count). The second-order valence-corrected chi connectivity index (χ2v) is 7.37. The average Bonchev–Trinajstić information content (AvgIpc) is 3.27. The minimum absolute atomic E-state index is 0.0841. The number of thiazole rings is 1. The van der Waals surface area contributed by atoms with Gasteiger partial charge < -0.3 is 10.1 Å². The van der Waals surface area contributed by atoms with Crippen LogP contribution < -0.4 is 10.1 Å². The molecule has 0 bridgehead atoms. The van der Waals surface area contributed by atoms with Crippen molar-refractivity contribution in [2.75, 3.05) is 18.5 Å². The van der Waals surface area contributed by atoms with Gasteiger partial charge in [0.2, 0.25) is 5.91 Å². The Balaban J connectivity index is 1.48. The zero-order valence-corrected chi connectivity index (χ0v) is 14.4. The number of hydrogen-bond donors (Lipinski definition) is 1. The standard InChI is InChI=1S/C17H20N4O2S/c1-11(22)20-17-19-9-13(24-17)10-21-5-2-3-15(21)12-7-16-14(18-8-12)4-6-23-16/h7-9,15H,2-6,10H2,1H3,(H,19,20,22)/t15-/m1/s1. The number of ether oxygens (including phenoxy) is 1. The van der Waals surface area contributed by atoms with Crippen molar-refractivity contribution in [3.63, 3.8) is 0 Å². The van der Waals surface area contributed by atoms with Gasteiger partial charge in [0.15, 0.2) is 5.13 Å². The van der Waals surface area contributed by atoms with Crippen molar-refractivity contribution in [3.8, 4) is 5.75 Å². The fraction of sp³-hybridized carbons (Fsp3) is 0.471. The summed E-state index contributed by atoms with van der Waals surface area (Å²) in [5.41, 5.74) is 2.31. The van der Waals surface area contributed by atoms with Crippen LogP contribution in [-0.4, -0.2) is 33.9 Å². The van der Waals surface area contributed by atoms with Gasteiger partial charge in [-0.15, -0.1) is 11.3 Å². The molecule has 6 nitrogen and oxygen atoms in total. The van der Waals surface area contributed by atoms with Gasteiger partial charge in [-0.1, -0.05) is 0 Å². The molecule has 0 unspecified atom stereocenters. The van der Waals surface area contributed by atoms with E-state index in [1.54, 1.807) is 11.3 Å². The Morgan fingerprint density at radius 2 is 2.38 bits per heavy atom. The second-order valence-electron chi connectivity index (χ2n) is 6.25. The van der Waals surface area contributed by atoms with Crippen LogP contribution in [0.2, 0.25) is 0 Å². The van der Waals surface area contributed by atoms with E-state index < -0.39 is 0 Å². The number of amides is 1. The smallest absolute Gasteiger partial charge is 0.223 e. The SMILES string of the molecule is CC(=O)Nc1ncc(CN2CCC[C@@H]2c2cnc3c(c2)OCC3)s1. The fourth-order valence-electron chi connectivity index (χ4n) is 3.42. The van der Waals surface area contributed by atoms with Gasteiger partial charge in [0, 0.05) is 43.2 Å². The maximum absolute atomic E-state index is 11.1. The second kappa shape index (κ2) is 6.49.